The van der Waals surface area contributed by atoms with Crippen molar-refractivity contribution in [2.24, 2.45) is 10.2 Å². The molecule has 0 aromatic carbocycles. The normalized spacial score (nSPS) is 11.7. The Kier molecular flexibility index (Phi) is 8.27. The van der Waals surface area contributed by atoms with Gasteiger partial charge in [0.2, 0.25) is 0 Å². The number of ether oxygens (including phenoxy) is 1. The Labute approximate surface area is 74.6 Å². The summed E-state index contributed by atoms with van der Waals surface area (Å²) in [5, 5.41) is 7.55. The summed E-state index contributed by atoms with van der Waals surface area (Å²) in [5.74, 6) is 0. The summed E-state index contributed by atoms with van der Waals surface area (Å²) in [6.07, 6.45) is 0. The van der Waals surface area contributed by atoms with E-state index in [0.717, 1.165) is 32.8 Å². The quantitative estimate of drug-likeness (QED) is 0.426. The fraction of sp³-hybridized carbons (Fsp3) is 1.00. The van der Waals surface area contributed by atoms with Crippen LogP contribution in [0.5, 0.6) is 0 Å². The first-order valence-electron chi connectivity index (χ1n) is 4.33. The van der Waals surface area contributed by atoms with Crippen LogP contribution < -0.4 is 0 Å². The van der Waals surface area contributed by atoms with E-state index in [0.29, 0.717) is 0 Å². The van der Waals surface area contributed by atoms with Gasteiger partial charge in [0, 0.05) is 26.7 Å². The van der Waals surface area contributed by atoms with Gasteiger partial charge in [0.15, 0.2) is 0 Å². The first kappa shape index (κ1) is 11.5. The minimum absolute atomic E-state index is 0.777. The molecule has 4 heteroatoms. The molecule has 0 aromatic rings. The fourth-order valence-corrected chi connectivity index (χ4v) is 0.792. The van der Waals surface area contributed by atoms with E-state index < -0.39 is 0 Å². The monoisotopic (exact) mass is 173 g/mol. The van der Waals surface area contributed by atoms with Gasteiger partial charge in [-0.2, -0.15) is 10.2 Å². The average molecular weight is 173 g/mol. The molecule has 0 aromatic heterocycles. The lowest BCUT2D eigenvalue weighted by Gasteiger charge is -2.14. The third-order valence-corrected chi connectivity index (χ3v) is 1.54. The first-order chi connectivity index (χ1) is 5.81. The molecule has 4 nitrogen and oxygen atoms in total. The average Bonchev–Trinajstić information content (AvgIpc) is 2.06. The highest BCUT2D eigenvalue weighted by Gasteiger charge is 1.95. The van der Waals surface area contributed by atoms with Crippen molar-refractivity contribution in [2.75, 3.05) is 46.9 Å². The molecule has 0 saturated carbocycles. The van der Waals surface area contributed by atoms with Crippen LogP contribution in [0.4, 0.5) is 0 Å². The zero-order valence-electron chi connectivity index (χ0n) is 8.29. The van der Waals surface area contributed by atoms with Crippen LogP contribution in [0, 0.1) is 0 Å². The van der Waals surface area contributed by atoms with Crippen LogP contribution >= 0.6 is 0 Å². The molecule has 0 spiro atoms. The Morgan fingerprint density at radius 3 is 2.67 bits per heavy atom. The highest BCUT2D eigenvalue weighted by atomic mass is 16.5. The zero-order chi connectivity index (χ0) is 9.23. The summed E-state index contributed by atoms with van der Waals surface area (Å²) >= 11 is 0. The molecule has 0 atom stereocenters. The van der Waals surface area contributed by atoms with Crippen molar-refractivity contribution in [3.05, 3.63) is 0 Å². The van der Waals surface area contributed by atoms with Crippen LogP contribution in [-0.4, -0.2) is 51.8 Å². The first-order valence-corrected chi connectivity index (χ1v) is 4.33. The molecule has 0 radical (unpaired) electrons. The molecule has 0 bridgehead atoms. The van der Waals surface area contributed by atoms with Gasteiger partial charge in [-0.3, -0.25) is 0 Å². The number of nitrogens with zero attached hydrogens (tertiary/aromatic N) is 3. The maximum atomic E-state index is 5.21. The predicted octanol–water partition coefficient (Wildman–Crippen LogP) is 1.04. The standard InChI is InChI=1S/C8H19N3O/c1-4-12-8-7-11(3)6-5-10-9-2/h4-8H2,1-3H3. The Morgan fingerprint density at radius 1 is 1.33 bits per heavy atom. The van der Waals surface area contributed by atoms with Gasteiger partial charge in [0.1, 0.15) is 0 Å². The number of rotatable bonds is 7. The summed E-state index contributed by atoms with van der Waals surface area (Å²) in [6, 6.07) is 0. The third-order valence-electron chi connectivity index (χ3n) is 1.54. The number of likely N-dealkylation sites (N-methyl/N-ethyl adjacent to an activating group) is 1. The van der Waals surface area contributed by atoms with Crippen molar-refractivity contribution in [1.29, 1.82) is 0 Å². The summed E-state index contributed by atoms with van der Waals surface area (Å²) in [6.45, 7) is 6.29. The Balaban J connectivity index is 3.15. The Bertz CT molecular complexity index is 117. The van der Waals surface area contributed by atoms with E-state index in [-0.39, 0.29) is 0 Å². The Morgan fingerprint density at radius 2 is 2.08 bits per heavy atom. The van der Waals surface area contributed by atoms with E-state index in [9.17, 15) is 0 Å². The van der Waals surface area contributed by atoms with Crippen molar-refractivity contribution in [1.82, 2.24) is 4.90 Å². The van der Waals surface area contributed by atoms with E-state index in [2.05, 4.69) is 22.2 Å². The molecule has 72 valence electrons. The topological polar surface area (TPSA) is 37.2 Å². The molecule has 12 heavy (non-hydrogen) atoms. The van der Waals surface area contributed by atoms with E-state index in [4.69, 9.17) is 4.74 Å². The van der Waals surface area contributed by atoms with Gasteiger partial charge < -0.3 is 9.64 Å². The second-order valence-corrected chi connectivity index (χ2v) is 2.57. The molecule has 0 fully saturated rings. The summed E-state index contributed by atoms with van der Waals surface area (Å²) in [5.41, 5.74) is 0. The van der Waals surface area contributed by atoms with Crippen molar-refractivity contribution < 1.29 is 4.74 Å². The maximum absolute atomic E-state index is 5.21. The van der Waals surface area contributed by atoms with Crippen LogP contribution in [0.2, 0.25) is 0 Å². The molecular weight excluding hydrogens is 154 g/mol. The minimum Gasteiger partial charge on any atom is -0.380 e. The number of hydrogen-bond acceptors (Lipinski definition) is 4. The van der Waals surface area contributed by atoms with Crippen molar-refractivity contribution in [3.63, 3.8) is 0 Å². The maximum Gasteiger partial charge on any atom is 0.0725 e. The van der Waals surface area contributed by atoms with Crippen LogP contribution in [-0.2, 0) is 4.74 Å². The van der Waals surface area contributed by atoms with Crippen molar-refractivity contribution >= 4 is 0 Å². The molecule has 0 aliphatic heterocycles. The second-order valence-electron chi connectivity index (χ2n) is 2.57. The van der Waals surface area contributed by atoms with Gasteiger partial charge in [-0.05, 0) is 14.0 Å². The van der Waals surface area contributed by atoms with Crippen LogP contribution in [0.3, 0.4) is 0 Å². The largest absolute Gasteiger partial charge is 0.380 e. The fourth-order valence-electron chi connectivity index (χ4n) is 0.792. The van der Waals surface area contributed by atoms with E-state index in [1.807, 2.05) is 6.92 Å². The lowest BCUT2D eigenvalue weighted by molar-refractivity contribution is 0.123. The second kappa shape index (κ2) is 8.62. The molecular formula is C8H19N3O. The van der Waals surface area contributed by atoms with E-state index in [1.54, 1.807) is 7.05 Å². The molecule has 0 N–H and O–H groups in total. The third kappa shape index (κ3) is 7.63. The highest BCUT2D eigenvalue weighted by Crippen LogP contribution is 1.84. The summed E-state index contributed by atoms with van der Waals surface area (Å²) in [4.78, 5) is 2.18. The molecule has 0 rings (SSSR count). The van der Waals surface area contributed by atoms with Gasteiger partial charge in [-0.15, -0.1) is 0 Å². The number of hydrogen-bond donors (Lipinski definition) is 0. The van der Waals surface area contributed by atoms with Gasteiger partial charge in [0.25, 0.3) is 0 Å². The highest BCUT2D eigenvalue weighted by molar-refractivity contribution is 4.51. The molecule has 0 unspecified atom stereocenters. The van der Waals surface area contributed by atoms with Crippen molar-refractivity contribution in [2.45, 2.75) is 6.92 Å². The lowest BCUT2D eigenvalue weighted by atomic mass is 10.5. The summed E-state index contributed by atoms with van der Waals surface area (Å²) in [7, 11) is 3.75. The SMILES string of the molecule is CCOCCN(C)CCN=NC. The minimum atomic E-state index is 0.777. The smallest absolute Gasteiger partial charge is 0.0725 e. The van der Waals surface area contributed by atoms with E-state index >= 15 is 0 Å². The van der Waals surface area contributed by atoms with Crippen LogP contribution in [0.15, 0.2) is 10.2 Å². The van der Waals surface area contributed by atoms with E-state index in [1.165, 1.54) is 0 Å². The zero-order valence-corrected chi connectivity index (χ0v) is 8.29. The summed E-state index contributed by atoms with van der Waals surface area (Å²) < 4.78 is 5.21. The lowest BCUT2D eigenvalue weighted by Crippen LogP contribution is -2.25. The van der Waals surface area contributed by atoms with Gasteiger partial charge in [0.05, 0.1) is 13.2 Å². The number of azo groups is 1. The Hall–Kier alpha value is -0.480. The molecule has 0 aliphatic carbocycles. The van der Waals surface area contributed by atoms with Crippen molar-refractivity contribution in [3.8, 4) is 0 Å². The predicted molar refractivity (Wildman–Crippen MR) is 49.6 cm³/mol. The molecule has 0 aliphatic rings. The molecule has 0 heterocycles. The van der Waals surface area contributed by atoms with Crippen LogP contribution in [0.1, 0.15) is 6.92 Å². The van der Waals surface area contributed by atoms with Crippen LogP contribution in [0.25, 0.3) is 0 Å². The van der Waals surface area contributed by atoms with Gasteiger partial charge >= 0.3 is 0 Å². The van der Waals surface area contributed by atoms with Gasteiger partial charge in [-0.1, -0.05) is 0 Å². The molecule has 0 amide bonds. The molecule has 0 saturated heterocycles. The van der Waals surface area contributed by atoms with Gasteiger partial charge in [-0.25, -0.2) is 0 Å².